The SMILES string of the molecule is CCCCOc1ccc(-c2nc3s/c(=C/c4ccc(-c5ccccc5[N+](=O)[O-])o4)c(=O)n3n2)cc1. The zero-order valence-electron chi connectivity index (χ0n) is 18.7. The Labute approximate surface area is 203 Å². The van der Waals surface area contributed by atoms with E-state index in [1.165, 1.54) is 21.9 Å². The number of thiazole rings is 1. The van der Waals surface area contributed by atoms with Crippen LogP contribution in [0.3, 0.4) is 0 Å². The average molecular weight is 489 g/mol. The molecule has 0 saturated carbocycles. The minimum Gasteiger partial charge on any atom is -0.494 e. The van der Waals surface area contributed by atoms with E-state index in [9.17, 15) is 14.9 Å². The van der Waals surface area contributed by atoms with Gasteiger partial charge in [0.15, 0.2) is 5.82 Å². The van der Waals surface area contributed by atoms with Gasteiger partial charge in [0.1, 0.15) is 21.8 Å². The number of nitrogens with zero attached hydrogens (tertiary/aromatic N) is 4. The highest BCUT2D eigenvalue weighted by atomic mass is 32.1. The Bertz CT molecular complexity index is 1620. The lowest BCUT2D eigenvalue weighted by Gasteiger charge is -2.05. The summed E-state index contributed by atoms with van der Waals surface area (Å²) >= 11 is 1.19. The van der Waals surface area contributed by atoms with Crippen LogP contribution in [0.2, 0.25) is 0 Å². The number of aromatic nitrogens is 3. The molecule has 3 aromatic heterocycles. The molecule has 10 heteroatoms. The maximum atomic E-state index is 12.9. The van der Waals surface area contributed by atoms with Gasteiger partial charge in [0.05, 0.1) is 17.1 Å². The predicted molar refractivity (Wildman–Crippen MR) is 133 cm³/mol. The van der Waals surface area contributed by atoms with Crippen LogP contribution in [0.4, 0.5) is 5.69 Å². The lowest BCUT2D eigenvalue weighted by Crippen LogP contribution is -2.23. The Morgan fingerprint density at radius 1 is 1.14 bits per heavy atom. The van der Waals surface area contributed by atoms with Crippen molar-refractivity contribution in [2.75, 3.05) is 6.61 Å². The minimum atomic E-state index is -0.457. The largest absolute Gasteiger partial charge is 0.494 e. The fourth-order valence-corrected chi connectivity index (χ4v) is 4.42. The molecule has 0 bridgehead atoms. The number of nitro benzene ring substituents is 1. The third-order valence-corrected chi connectivity index (χ3v) is 6.29. The molecule has 0 aliphatic heterocycles. The number of para-hydroxylation sites is 1. The summed E-state index contributed by atoms with van der Waals surface area (Å²) in [6.45, 7) is 2.78. The van der Waals surface area contributed by atoms with E-state index in [1.807, 2.05) is 24.3 Å². The molecular weight excluding hydrogens is 468 g/mol. The number of hydrogen-bond acceptors (Lipinski definition) is 8. The van der Waals surface area contributed by atoms with Gasteiger partial charge in [-0.2, -0.15) is 9.50 Å². The summed E-state index contributed by atoms with van der Waals surface area (Å²) < 4.78 is 13.1. The van der Waals surface area contributed by atoms with Gasteiger partial charge in [0, 0.05) is 17.7 Å². The van der Waals surface area contributed by atoms with E-state index in [1.54, 1.807) is 36.4 Å². The molecule has 0 fully saturated rings. The van der Waals surface area contributed by atoms with E-state index in [4.69, 9.17) is 9.15 Å². The Morgan fingerprint density at radius 2 is 1.94 bits per heavy atom. The summed E-state index contributed by atoms with van der Waals surface area (Å²) in [5, 5.41) is 15.7. The van der Waals surface area contributed by atoms with Crippen molar-refractivity contribution in [2.24, 2.45) is 0 Å². The highest BCUT2D eigenvalue weighted by molar-refractivity contribution is 7.15. The molecule has 3 heterocycles. The quantitative estimate of drug-likeness (QED) is 0.177. The number of hydrogen-bond donors (Lipinski definition) is 0. The minimum absolute atomic E-state index is 0.0511. The molecule has 9 nitrogen and oxygen atoms in total. The van der Waals surface area contributed by atoms with Gasteiger partial charge in [-0.1, -0.05) is 36.8 Å². The molecule has 0 saturated heterocycles. The summed E-state index contributed by atoms with van der Waals surface area (Å²) in [7, 11) is 0. The van der Waals surface area contributed by atoms with Crippen LogP contribution in [0.25, 0.3) is 33.7 Å². The van der Waals surface area contributed by atoms with Crippen LogP contribution in [-0.4, -0.2) is 26.1 Å². The molecule has 0 spiro atoms. The first-order valence-electron chi connectivity index (χ1n) is 11.0. The third kappa shape index (κ3) is 4.56. The molecule has 0 aliphatic rings. The van der Waals surface area contributed by atoms with Gasteiger partial charge in [-0.3, -0.25) is 14.9 Å². The summed E-state index contributed by atoms with van der Waals surface area (Å²) in [6.07, 6.45) is 3.66. The number of benzene rings is 2. The maximum absolute atomic E-state index is 12.9. The fraction of sp³-hybridized carbons (Fsp3) is 0.160. The highest BCUT2D eigenvalue weighted by Crippen LogP contribution is 2.31. The Hall–Kier alpha value is -4.31. The lowest BCUT2D eigenvalue weighted by atomic mass is 10.1. The molecule has 2 aromatic carbocycles. The Morgan fingerprint density at radius 3 is 2.69 bits per heavy atom. The van der Waals surface area contributed by atoms with Crippen molar-refractivity contribution in [3.8, 4) is 28.5 Å². The molecule has 0 radical (unpaired) electrons. The van der Waals surface area contributed by atoms with Crippen molar-refractivity contribution in [3.63, 3.8) is 0 Å². The molecule has 0 unspecified atom stereocenters. The molecule has 176 valence electrons. The standard InChI is InChI=1S/C25H20N4O5S/c1-2-3-14-33-17-10-8-16(9-11-17)23-26-25-28(27-23)24(30)22(35-25)15-18-12-13-21(34-18)19-6-4-5-7-20(19)29(31)32/h4-13,15H,2-3,14H2,1H3/b22-15+. The number of furan rings is 1. The topological polar surface area (TPSA) is 113 Å². The summed E-state index contributed by atoms with van der Waals surface area (Å²) in [5.74, 6) is 1.98. The first-order chi connectivity index (χ1) is 17.0. The zero-order valence-corrected chi connectivity index (χ0v) is 19.5. The Kier molecular flexibility index (Phi) is 6.11. The second-order valence-electron chi connectivity index (χ2n) is 7.75. The van der Waals surface area contributed by atoms with Crippen molar-refractivity contribution in [1.29, 1.82) is 0 Å². The Balaban J connectivity index is 1.41. The molecule has 0 amide bonds. The van der Waals surface area contributed by atoms with E-state index in [-0.39, 0.29) is 11.2 Å². The fourth-order valence-electron chi connectivity index (χ4n) is 3.54. The van der Waals surface area contributed by atoms with E-state index < -0.39 is 4.92 Å². The molecular formula is C25H20N4O5S. The first kappa shape index (κ1) is 22.5. The zero-order chi connectivity index (χ0) is 24.4. The first-order valence-corrected chi connectivity index (χ1v) is 11.8. The number of ether oxygens (including phenoxy) is 1. The normalized spacial score (nSPS) is 11.9. The van der Waals surface area contributed by atoms with E-state index >= 15 is 0 Å². The molecule has 0 aliphatic carbocycles. The molecule has 5 rings (SSSR count). The second kappa shape index (κ2) is 9.51. The van der Waals surface area contributed by atoms with Crippen LogP contribution in [0.5, 0.6) is 5.75 Å². The van der Waals surface area contributed by atoms with Crippen molar-refractivity contribution in [2.45, 2.75) is 19.8 Å². The number of fused-ring (bicyclic) bond motifs is 1. The maximum Gasteiger partial charge on any atom is 0.291 e. The van der Waals surface area contributed by atoms with Gasteiger partial charge in [0.2, 0.25) is 4.96 Å². The van der Waals surface area contributed by atoms with Crippen LogP contribution in [0.15, 0.2) is 69.9 Å². The van der Waals surface area contributed by atoms with Gasteiger partial charge in [-0.25, -0.2) is 0 Å². The summed E-state index contributed by atoms with van der Waals surface area (Å²) in [4.78, 5) is 28.7. The second-order valence-corrected chi connectivity index (χ2v) is 8.76. The molecule has 0 atom stereocenters. The molecule has 35 heavy (non-hydrogen) atoms. The van der Waals surface area contributed by atoms with Crippen LogP contribution in [0, 0.1) is 10.1 Å². The van der Waals surface area contributed by atoms with E-state index in [0.29, 0.717) is 39.0 Å². The summed E-state index contributed by atoms with van der Waals surface area (Å²) in [6, 6.07) is 17.1. The number of rotatable bonds is 8. The van der Waals surface area contributed by atoms with Crippen LogP contribution in [-0.2, 0) is 0 Å². The van der Waals surface area contributed by atoms with Gasteiger partial charge in [-0.05, 0) is 48.9 Å². The van der Waals surface area contributed by atoms with Crippen molar-refractivity contribution in [1.82, 2.24) is 14.6 Å². The van der Waals surface area contributed by atoms with Crippen LogP contribution >= 0.6 is 11.3 Å². The molecule has 0 N–H and O–H groups in total. The molecule has 5 aromatic rings. The van der Waals surface area contributed by atoms with Crippen molar-refractivity contribution < 1.29 is 14.1 Å². The van der Waals surface area contributed by atoms with E-state index in [0.717, 1.165) is 24.2 Å². The predicted octanol–water partition coefficient (Wildman–Crippen LogP) is 4.71. The lowest BCUT2D eigenvalue weighted by molar-refractivity contribution is -0.384. The third-order valence-electron chi connectivity index (χ3n) is 5.33. The van der Waals surface area contributed by atoms with E-state index in [2.05, 4.69) is 17.0 Å². The summed E-state index contributed by atoms with van der Waals surface area (Å²) in [5.41, 5.74) is 0.791. The number of unbranched alkanes of at least 4 members (excludes halogenated alkanes) is 1. The van der Waals surface area contributed by atoms with Crippen LogP contribution in [0.1, 0.15) is 25.5 Å². The van der Waals surface area contributed by atoms with Crippen molar-refractivity contribution >= 4 is 28.1 Å². The van der Waals surface area contributed by atoms with Gasteiger partial charge in [0.25, 0.3) is 11.2 Å². The van der Waals surface area contributed by atoms with Gasteiger partial charge < -0.3 is 9.15 Å². The van der Waals surface area contributed by atoms with Gasteiger partial charge >= 0.3 is 0 Å². The average Bonchev–Trinajstić information content (AvgIpc) is 3.57. The van der Waals surface area contributed by atoms with Gasteiger partial charge in [-0.15, -0.1) is 5.10 Å². The monoisotopic (exact) mass is 488 g/mol. The van der Waals surface area contributed by atoms with Crippen LogP contribution < -0.4 is 14.8 Å². The highest BCUT2D eigenvalue weighted by Gasteiger charge is 2.17. The van der Waals surface area contributed by atoms with Crippen molar-refractivity contribution in [3.05, 3.63) is 91.4 Å². The smallest absolute Gasteiger partial charge is 0.291 e. The number of nitro groups is 1.